The first-order chi connectivity index (χ1) is 17.5. The lowest BCUT2D eigenvalue weighted by atomic mass is 10.0. The van der Waals surface area contributed by atoms with E-state index in [1.54, 1.807) is 18.2 Å². The topological polar surface area (TPSA) is 88.9 Å². The SMILES string of the molecule is C=CCn1c(SCC(=O)Nc2c(C)cc(Br)cc2C)nnc1[C@@H](NC(=O)c1ccc(Cl)cc1Cl)C(C)C. The number of allylic oxidation sites excluding steroid dienone is 1. The summed E-state index contributed by atoms with van der Waals surface area (Å²) >= 11 is 17.0. The molecule has 0 unspecified atom stereocenters. The number of halogens is 3. The number of nitrogens with one attached hydrogen (secondary N) is 2. The average molecular weight is 625 g/mol. The van der Waals surface area contributed by atoms with Crippen molar-refractivity contribution in [3.63, 3.8) is 0 Å². The number of carbonyl (C=O) groups is 2. The molecule has 0 aliphatic heterocycles. The van der Waals surface area contributed by atoms with Gasteiger partial charge in [0.05, 0.1) is 22.4 Å². The molecule has 2 N–H and O–H groups in total. The van der Waals surface area contributed by atoms with E-state index in [1.165, 1.54) is 17.8 Å². The van der Waals surface area contributed by atoms with Gasteiger partial charge in [0.15, 0.2) is 11.0 Å². The summed E-state index contributed by atoms with van der Waals surface area (Å²) in [6.07, 6.45) is 1.72. The molecule has 0 fully saturated rings. The molecule has 196 valence electrons. The number of rotatable bonds is 10. The van der Waals surface area contributed by atoms with Crippen LogP contribution in [0.1, 0.15) is 47.2 Å². The van der Waals surface area contributed by atoms with E-state index < -0.39 is 6.04 Å². The van der Waals surface area contributed by atoms with E-state index in [0.717, 1.165) is 21.3 Å². The molecule has 0 radical (unpaired) electrons. The molecule has 2 aromatic carbocycles. The van der Waals surface area contributed by atoms with Crippen LogP contribution in [0.3, 0.4) is 0 Å². The third-order valence-corrected chi connectivity index (χ3v) is 7.53. The van der Waals surface area contributed by atoms with E-state index >= 15 is 0 Å². The van der Waals surface area contributed by atoms with Crippen molar-refractivity contribution in [2.45, 2.75) is 45.4 Å². The maximum atomic E-state index is 13.0. The minimum atomic E-state index is -0.456. The normalized spacial score (nSPS) is 11.9. The van der Waals surface area contributed by atoms with Gasteiger partial charge in [-0.05, 0) is 61.2 Å². The summed E-state index contributed by atoms with van der Waals surface area (Å²) < 4.78 is 2.82. The van der Waals surface area contributed by atoms with Crippen LogP contribution in [0.15, 0.2) is 52.6 Å². The highest BCUT2D eigenvalue weighted by Gasteiger charge is 2.27. The summed E-state index contributed by atoms with van der Waals surface area (Å²) in [5.74, 6) is 0.202. The standard InChI is InChI=1S/C26H28BrCl2N5O2S/c1-6-9-34-24(22(14(2)3)31-25(36)19-8-7-18(28)12-20(19)29)32-33-26(34)37-13-21(35)30-23-15(4)10-17(27)11-16(23)5/h6-8,10-12,14,22H,1,9,13H2,2-5H3,(H,30,35)(H,31,36)/t22-/m0/s1. The first-order valence-corrected chi connectivity index (χ1v) is 14.0. The Kier molecular flexibility index (Phi) is 10.2. The predicted octanol–water partition coefficient (Wildman–Crippen LogP) is 7.01. The first kappa shape index (κ1) is 29.2. The van der Waals surface area contributed by atoms with Crippen LogP contribution in [-0.2, 0) is 11.3 Å². The second kappa shape index (κ2) is 13.0. The number of thioether (sulfide) groups is 1. The Morgan fingerprint density at radius 1 is 1.16 bits per heavy atom. The second-order valence-electron chi connectivity index (χ2n) is 8.81. The van der Waals surface area contributed by atoms with Gasteiger partial charge in [0.25, 0.3) is 5.91 Å². The Bertz CT molecular complexity index is 1310. The number of aromatic nitrogens is 3. The van der Waals surface area contributed by atoms with Gasteiger partial charge < -0.3 is 15.2 Å². The zero-order chi connectivity index (χ0) is 27.3. The lowest BCUT2D eigenvalue weighted by Gasteiger charge is -2.23. The van der Waals surface area contributed by atoms with Crippen molar-refractivity contribution in [3.05, 3.63) is 80.0 Å². The molecule has 3 rings (SSSR count). The van der Waals surface area contributed by atoms with Crippen molar-refractivity contribution >= 4 is 68.4 Å². The van der Waals surface area contributed by atoms with Gasteiger partial charge in [-0.1, -0.05) is 70.8 Å². The van der Waals surface area contributed by atoms with E-state index in [2.05, 4.69) is 43.3 Å². The highest BCUT2D eigenvalue weighted by molar-refractivity contribution is 9.10. The third kappa shape index (κ3) is 7.37. The van der Waals surface area contributed by atoms with Crippen LogP contribution >= 0.6 is 50.9 Å². The number of hydrogen-bond donors (Lipinski definition) is 2. The Hall–Kier alpha value is -2.33. The molecule has 1 heterocycles. The molecule has 1 atom stereocenters. The minimum absolute atomic E-state index is 0.00713. The van der Waals surface area contributed by atoms with Gasteiger partial charge in [0.1, 0.15) is 0 Å². The highest BCUT2D eigenvalue weighted by atomic mass is 79.9. The van der Waals surface area contributed by atoms with Crippen LogP contribution in [0.25, 0.3) is 0 Å². The largest absolute Gasteiger partial charge is 0.342 e. The van der Waals surface area contributed by atoms with Crippen molar-refractivity contribution in [1.82, 2.24) is 20.1 Å². The molecule has 0 aliphatic carbocycles. The maximum absolute atomic E-state index is 13.0. The molecule has 37 heavy (non-hydrogen) atoms. The van der Waals surface area contributed by atoms with E-state index in [1.807, 2.05) is 44.4 Å². The minimum Gasteiger partial charge on any atom is -0.342 e. The molecule has 0 aliphatic rings. The van der Waals surface area contributed by atoms with Crippen LogP contribution in [0.5, 0.6) is 0 Å². The van der Waals surface area contributed by atoms with Crippen molar-refractivity contribution in [1.29, 1.82) is 0 Å². The summed E-state index contributed by atoms with van der Waals surface area (Å²) in [6, 6.07) is 8.19. The third-order valence-electron chi connectivity index (χ3n) is 5.56. The summed E-state index contributed by atoms with van der Waals surface area (Å²) in [6.45, 7) is 12.1. The molecular formula is C26H28BrCl2N5O2S. The number of carbonyl (C=O) groups excluding carboxylic acids is 2. The lowest BCUT2D eigenvalue weighted by Crippen LogP contribution is -2.34. The van der Waals surface area contributed by atoms with Crippen molar-refractivity contribution < 1.29 is 9.59 Å². The van der Waals surface area contributed by atoms with Gasteiger partial charge in [0, 0.05) is 21.7 Å². The molecule has 2 amide bonds. The quantitative estimate of drug-likeness (QED) is 0.187. The second-order valence-corrected chi connectivity index (χ2v) is 11.5. The summed E-state index contributed by atoms with van der Waals surface area (Å²) in [5, 5.41) is 16.0. The first-order valence-electron chi connectivity index (χ1n) is 11.5. The molecule has 0 saturated heterocycles. The Balaban J connectivity index is 1.78. The van der Waals surface area contributed by atoms with Gasteiger partial charge in [0.2, 0.25) is 5.91 Å². The van der Waals surface area contributed by atoms with Crippen LogP contribution in [0, 0.1) is 19.8 Å². The van der Waals surface area contributed by atoms with Gasteiger partial charge in [-0.3, -0.25) is 9.59 Å². The number of anilines is 1. The van der Waals surface area contributed by atoms with Crippen molar-refractivity contribution in [2.75, 3.05) is 11.1 Å². The van der Waals surface area contributed by atoms with E-state index in [-0.39, 0.29) is 28.5 Å². The molecule has 0 saturated carbocycles. The Morgan fingerprint density at radius 3 is 2.43 bits per heavy atom. The Morgan fingerprint density at radius 2 is 1.84 bits per heavy atom. The molecule has 1 aromatic heterocycles. The van der Waals surface area contributed by atoms with Crippen LogP contribution in [-0.4, -0.2) is 32.3 Å². The van der Waals surface area contributed by atoms with Crippen molar-refractivity contribution in [2.24, 2.45) is 5.92 Å². The van der Waals surface area contributed by atoms with Crippen LogP contribution < -0.4 is 10.6 Å². The fraction of sp³-hybridized carbons (Fsp3) is 0.308. The fourth-order valence-electron chi connectivity index (χ4n) is 3.77. The Labute approximate surface area is 239 Å². The fourth-order valence-corrected chi connectivity index (χ4v) is 5.71. The number of nitrogens with zero attached hydrogens (tertiary/aromatic N) is 3. The van der Waals surface area contributed by atoms with E-state index in [4.69, 9.17) is 23.2 Å². The lowest BCUT2D eigenvalue weighted by molar-refractivity contribution is -0.113. The summed E-state index contributed by atoms with van der Waals surface area (Å²) in [7, 11) is 0. The van der Waals surface area contributed by atoms with E-state index in [0.29, 0.717) is 28.1 Å². The molecule has 7 nitrogen and oxygen atoms in total. The molecule has 3 aromatic rings. The molecule has 0 spiro atoms. The van der Waals surface area contributed by atoms with Gasteiger partial charge in [-0.15, -0.1) is 16.8 Å². The predicted molar refractivity (Wildman–Crippen MR) is 155 cm³/mol. The maximum Gasteiger partial charge on any atom is 0.253 e. The zero-order valence-corrected chi connectivity index (χ0v) is 24.9. The number of amides is 2. The zero-order valence-electron chi connectivity index (χ0n) is 20.9. The average Bonchev–Trinajstić information content (AvgIpc) is 3.20. The highest BCUT2D eigenvalue weighted by Crippen LogP contribution is 2.28. The monoisotopic (exact) mass is 623 g/mol. The molecule has 0 bridgehead atoms. The number of hydrogen-bond acceptors (Lipinski definition) is 5. The van der Waals surface area contributed by atoms with Crippen LogP contribution in [0.2, 0.25) is 10.0 Å². The smallest absolute Gasteiger partial charge is 0.253 e. The van der Waals surface area contributed by atoms with Crippen LogP contribution in [0.4, 0.5) is 5.69 Å². The molecule has 11 heteroatoms. The number of benzene rings is 2. The van der Waals surface area contributed by atoms with Gasteiger partial charge in [-0.25, -0.2) is 0 Å². The van der Waals surface area contributed by atoms with Crippen molar-refractivity contribution in [3.8, 4) is 0 Å². The van der Waals surface area contributed by atoms with Gasteiger partial charge >= 0.3 is 0 Å². The van der Waals surface area contributed by atoms with E-state index in [9.17, 15) is 9.59 Å². The molecular weight excluding hydrogens is 597 g/mol. The van der Waals surface area contributed by atoms with Gasteiger partial charge in [-0.2, -0.15) is 0 Å². The summed E-state index contributed by atoms with van der Waals surface area (Å²) in [5.41, 5.74) is 3.05. The summed E-state index contributed by atoms with van der Waals surface area (Å²) in [4.78, 5) is 25.8. The number of aryl methyl sites for hydroxylation is 2.